The molecule has 0 aliphatic heterocycles. The van der Waals surface area contributed by atoms with Crippen LogP contribution in [0.3, 0.4) is 0 Å². The third-order valence-electron chi connectivity index (χ3n) is 3.39. The van der Waals surface area contributed by atoms with Gasteiger partial charge in [0.15, 0.2) is 5.15 Å². The van der Waals surface area contributed by atoms with Crippen molar-refractivity contribution in [2.24, 2.45) is 0 Å². The average Bonchev–Trinajstić information content (AvgIpc) is 2.41. The van der Waals surface area contributed by atoms with Crippen molar-refractivity contribution >= 4 is 23.2 Å². The van der Waals surface area contributed by atoms with Crippen LogP contribution in [-0.2, 0) is 5.41 Å². The molecule has 116 valence electrons. The molecule has 0 radical (unpaired) electrons. The smallest absolute Gasteiger partial charge is 0.275 e. The number of aryl methyl sites for hydroxylation is 2. The number of amides is 1. The van der Waals surface area contributed by atoms with Crippen molar-refractivity contribution in [2.45, 2.75) is 40.0 Å². The van der Waals surface area contributed by atoms with Crippen LogP contribution in [0.25, 0.3) is 0 Å². The maximum atomic E-state index is 12.4. The molecule has 0 atom stereocenters. The number of hydrogen-bond acceptors (Lipinski definition) is 3. The highest BCUT2D eigenvalue weighted by Crippen LogP contribution is 2.26. The minimum Gasteiger partial charge on any atom is -0.320 e. The number of nitrogens with zero attached hydrogens (tertiary/aromatic N) is 2. The van der Waals surface area contributed by atoms with Crippen LogP contribution in [0.5, 0.6) is 0 Å². The van der Waals surface area contributed by atoms with Crippen molar-refractivity contribution in [3.05, 3.63) is 52.1 Å². The monoisotopic (exact) mass is 317 g/mol. The summed E-state index contributed by atoms with van der Waals surface area (Å²) in [6.45, 7) is 9.89. The molecule has 1 heterocycles. The van der Waals surface area contributed by atoms with Crippen LogP contribution in [0, 0.1) is 13.8 Å². The highest BCUT2D eigenvalue weighted by atomic mass is 35.5. The molecule has 2 rings (SSSR count). The van der Waals surface area contributed by atoms with Crippen molar-refractivity contribution in [3.63, 3.8) is 0 Å². The Balaban J connectivity index is 2.29. The molecule has 0 saturated heterocycles. The van der Waals surface area contributed by atoms with E-state index < -0.39 is 0 Å². The molecule has 1 aromatic carbocycles. The van der Waals surface area contributed by atoms with E-state index in [0.29, 0.717) is 5.69 Å². The zero-order chi connectivity index (χ0) is 16.5. The third-order valence-corrected chi connectivity index (χ3v) is 3.66. The Morgan fingerprint density at radius 3 is 2.27 bits per heavy atom. The van der Waals surface area contributed by atoms with Gasteiger partial charge < -0.3 is 5.32 Å². The zero-order valence-electron chi connectivity index (χ0n) is 13.5. The molecule has 5 heteroatoms. The fourth-order valence-electron chi connectivity index (χ4n) is 2.17. The van der Waals surface area contributed by atoms with E-state index in [1.807, 2.05) is 52.8 Å². The molecule has 0 spiro atoms. The molecule has 4 nitrogen and oxygen atoms in total. The molecule has 0 aliphatic carbocycles. The van der Waals surface area contributed by atoms with Gasteiger partial charge >= 0.3 is 0 Å². The average molecular weight is 318 g/mol. The molecule has 22 heavy (non-hydrogen) atoms. The van der Waals surface area contributed by atoms with E-state index in [1.165, 1.54) is 6.20 Å². The first kappa shape index (κ1) is 16.4. The first-order chi connectivity index (χ1) is 10.2. The van der Waals surface area contributed by atoms with Crippen LogP contribution >= 0.6 is 11.6 Å². The van der Waals surface area contributed by atoms with Gasteiger partial charge in [0.1, 0.15) is 5.69 Å². The van der Waals surface area contributed by atoms with Gasteiger partial charge in [0, 0.05) is 11.1 Å². The Bertz CT molecular complexity index is 700. The molecular weight excluding hydrogens is 298 g/mol. The first-order valence-electron chi connectivity index (χ1n) is 7.10. The molecule has 1 aromatic heterocycles. The Labute approximate surface area is 135 Å². The van der Waals surface area contributed by atoms with E-state index in [0.717, 1.165) is 16.8 Å². The summed E-state index contributed by atoms with van der Waals surface area (Å²) in [5.41, 5.74) is 3.47. The molecule has 2 aromatic rings. The Morgan fingerprint density at radius 2 is 1.77 bits per heavy atom. The van der Waals surface area contributed by atoms with E-state index in [9.17, 15) is 4.79 Å². The number of carbonyl (C=O) groups excluding carboxylic acids is 1. The number of halogens is 1. The van der Waals surface area contributed by atoms with Gasteiger partial charge in [-0.2, -0.15) is 0 Å². The van der Waals surface area contributed by atoms with Crippen molar-refractivity contribution < 1.29 is 4.79 Å². The lowest BCUT2D eigenvalue weighted by atomic mass is 9.92. The normalized spacial score (nSPS) is 11.4. The van der Waals surface area contributed by atoms with Crippen molar-refractivity contribution in [1.29, 1.82) is 0 Å². The van der Waals surface area contributed by atoms with Crippen molar-refractivity contribution in [2.75, 3.05) is 5.32 Å². The molecule has 0 fully saturated rings. The maximum absolute atomic E-state index is 12.4. The second-order valence-electron chi connectivity index (χ2n) is 6.37. The van der Waals surface area contributed by atoms with Crippen LogP contribution < -0.4 is 5.32 Å². The van der Waals surface area contributed by atoms with Crippen LogP contribution in [0.2, 0.25) is 5.15 Å². The molecule has 0 aliphatic rings. The van der Waals surface area contributed by atoms with Crippen molar-refractivity contribution in [3.8, 4) is 0 Å². The summed E-state index contributed by atoms with van der Waals surface area (Å²) in [4.78, 5) is 20.8. The van der Waals surface area contributed by atoms with Gasteiger partial charge in [-0.05, 0) is 25.0 Å². The predicted molar refractivity (Wildman–Crippen MR) is 89.6 cm³/mol. The van der Waals surface area contributed by atoms with Gasteiger partial charge in [0.2, 0.25) is 0 Å². The summed E-state index contributed by atoms with van der Waals surface area (Å²) in [5, 5.41) is 3.15. The summed E-state index contributed by atoms with van der Waals surface area (Å²) in [6.07, 6.45) is 1.47. The summed E-state index contributed by atoms with van der Waals surface area (Å²) >= 11 is 6.17. The Hall–Kier alpha value is -1.94. The highest BCUT2D eigenvalue weighted by Gasteiger charge is 2.22. The number of para-hydroxylation sites is 1. The number of rotatable bonds is 2. The lowest BCUT2D eigenvalue weighted by molar-refractivity contribution is 0.102. The molecule has 1 N–H and O–H groups in total. The topological polar surface area (TPSA) is 54.9 Å². The number of benzene rings is 1. The first-order valence-corrected chi connectivity index (χ1v) is 7.48. The molecule has 0 saturated carbocycles. The van der Waals surface area contributed by atoms with Crippen LogP contribution in [0.4, 0.5) is 5.69 Å². The van der Waals surface area contributed by atoms with E-state index in [-0.39, 0.29) is 22.2 Å². The third kappa shape index (κ3) is 3.45. The SMILES string of the molecule is Cc1cccc(C)c1NC(=O)c1cnc(C(C)(C)C)c(Cl)n1. The summed E-state index contributed by atoms with van der Waals surface area (Å²) < 4.78 is 0. The Morgan fingerprint density at radius 1 is 1.18 bits per heavy atom. The van der Waals surface area contributed by atoms with Gasteiger partial charge in [0.05, 0.1) is 11.9 Å². The van der Waals surface area contributed by atoms with Gasteiger partial charge in [0.25, 0.3) is 5.91 Å². The molecule has 0 unspecified atom stereocenters. The molecule has 1 amide bonds. The van der Waals surface area contributed by atoms with Crippen LogP contribution in [0.1, 0.15) is 48.1 Å². The Kier molecular flexibility index (Phi) is 4.52. The van der Waals surface area contributed by atoms with Crippen LogP contribution in [-0.4, -0.2) is 15.9 Å². The van der Waals surface area contributed by atoms with Crippen molar-refractivity contribution in [1.82, 2.24) is 9.97 Å². The van der Waals surface area contributed by atoms with Gasteiger partial charge in [-0.1, -0.05) is 50.6 Å². The highest BCUT2D eigenvalue weighted by molar-refractivity contribution is 6.30. The fourth-order valence-corrected chi connectivity index (χ4v) is 2.59. The largest absolute Gasteiger partial charge is 0.320 e. The number of carbonyl (C=O) groups is 1. The summed E-state index contributed by atoms with van der Waals surface area (Å²) in [5.74, 6) is -0.313. The predicted octanol–water partition coefficient (Wildman–Crippen LogP) is 4.30. The van der Waals surface area contributed by atoms with Gasteiger partial charge in [-0.3, -0.25) is 9.78 Å². The summed E-state index contributed by atoms with van der Waals surface area (Å²) in [7, 11) is 0. The minimum absolute atomic E-state index is 0.209. The lowest BCUT2D eigenvalue weighted by Crippen LogP contribution is -2.19. The zero-order valence-corrected chi connectivity index (χ0v) is 14.2. The second kappa shape index (κ2) is 6.05. The summed E-state index contributed by atoms with van der Waals surface area (Å²) in [6, 6.07) is 5.85. The number of nitrogens with one attached hydrogen (secondary N) is 1. The van der Waals surface area contributed by atoms with E-state index in [4.69, 9.17) is 11.6 Å². The maximum Gasteiger partial charge on any atom is 0.275 e. The quantitative estimate of drug-likeness (QED) is 0.898. The van der Waals surface area contributed by atoms with Gasteiger partial charge in [-0.25, -0.2) is 4.98 Å². The number of aromatic nitrogens is 2. The minimum atomic E-state index is -0.313. The lowest BCUT2D eigenvalue weighted by Gasteiger charge is -2.18. The van der Waals surface area contributed by atoms with E-state index in [1.54, 1.807) is 0 Å². The molecular formula is C17H20ClN3O. The number of anilines is 1. The molecule has 0 bridgehead atoms. The van der Waals surface area contributed by atoms with E-state index >= 15 is 0 Å². The fraction of sp³-hybridized carbons (Fsp3) is 0.353. The van der Waals surface area contributed by atoms with Gasteiger partial charge in [-0.15, -0.1) is 0 Å². The standard InChI is InChI=1S/C17H20ClN3O/c1-10-7-6-8-11(2)13(10)21-16(22)12-9-19-14(15(18)20-12)17(3,4)5/h6-9H,1-5H3,(H,21,22). The second-order valence-corrected chi connectivity index (χ2v) is 6.72. The number of hydrogen-bond donors (Lipinski definition) is 1. The van der Waals surface area contributed by atoms with E-state index in [2.05, 4.69) is 15.3 Å². The van der Waals surface area contributed by atoms with Crippen LogP contribution in [0.15, 0.2) is 24.4 Å².